The first-order valence-corrected chi connectivity index (χ1v) is 7.53. The summed E-state index contributed by atoms with van der Waals surface area (Å²) in [6.07, 6.45) is 1.31. The molecule has 0 aliphatic carbocycles. The highest BCUT2D eigenvalue weighted by Crippen LogP contribution is 2.47. The van der Waals surface area contributed by atoms with Crippen LogP contribution in [-0.2, 0) is 0 Å². The molecule has 0 nitrogen and oxygen atoms in total. The molecule has 0 aromatic carbocycles. The van der Waals surface area contributed by atoms with E-state index >= 15 is 0 Å². The van der Waals surface area contributed by atoms with E-state index in [2.05, 4.69) is 33.4 Å². The summed E-state index contributed by atoms with van der Waals surface area (Å²) in [4.78, 5) is 0. The van der Waals surface area contributed by atoms with Crippen LogP contribution >= 0.6 is 22.7 Å². The highest BCUT2D eigenvalue weighted by Gasteiger charge is 2.15. The van der Waals surface area contributed by atoms with Gasteiger partial charge in [-0.05, 0) is 35.2 Å². The summed E-state index contributed by atoms with van der Waals surface area (Å²) in [6.45, 7) is 7.04. The van der Waals surface area contributed by atoms with Crippen LogP contribution in [0.4, 0.5) is 0 Å². The molecular weight excluding hydrogens is 172 g/mol. The van der Waals surface area contributed by atoms with E-state index in [1.807, 2.05) is 0 Å². The second-order valence-electron chi connectivity index (χ2n) is 2.87. The number of hydrogen-bond acceptors (Lipinski definition) is 1. The van der Waals surface area contributed by atoms with Gasteiger partial charge in [-0.1, -0.05) is 20.8 Å². The highest BCUT2D eigenvalue weighted by atomic mass is 32.3. The van der Waals surface area contributed by atoms with Gasteiger partial charge in [0.05, 0.1) is 0 Å². The third-order valence-electron chi connectivity index (χ3n) is 2.57. The lowest BCUT2D eigenvalue weighted by atomic mass is 10.6. The quantitative estimate of drug-likeness (QED) is 0.617. The van der Waals surface area contributed by atoms with E-state index in [1.54, 1.807) is 0 Å². The largest absolute Gasteiger partial charge is 0.242 e. The first-order valence-electron chi connectivity index (χ1n) is 4.59. The minimum absolute atomic E-state index is 0.221. The molecule has 0 saturated heterocycles. The van der Waals surface area contributed by atoms with Crippen molar-refractivity contribution in [2.24, 2.45) is 0 Å². The third-order valence-corrected chi connectivity index (χ3v) is 7.72. The molecule has 0 aliphatic rings. The SMILES string of the molecule is CCS(CC)(CC)CCCS. The van der Waals surface area contributed by atoms with E-state index in [-0.39, 0.29) is 10.0 Å². The van der Waals surface area contributed by atoms with Crippen molar-refractivity contribution in [2.45, 2.75) is 27.2 Å². The van der Waals surface area contributed by atoms with Crippen LogP contribution in [0.1, 0.15) is 27.2 Å². The van der Waals surface area contributed by atoms with Crippen LogP contribution in [0.5, 0.6) is 0 Å². The van der Waals surface area contributed by atoms with Gasteiger partial charge >= 0.3 is 0 Å². The second kappa shape index (κ2) is 6.24. The zero-order valence-electron chi connectivity index (χ0n) is 8.10. The van der Waals surface area contributed by atoms with E-state index < -0.39 is 0 Å². The third kappa shape index (κ3) is 3.75. The molecule has 0 bridgehead atoms. The minimum atomic E-state index is -0.221. The molecule has 0 aromatic rings. The molecule has 0 saturated carbocycles. The molecule has 0 radical (unpaired) electrons. The Morgan fingerprint density at radius 1 is 1.00 bits per heavy atom. The zero-order valence-corrected chi connectivity index (χ0v) is 9.81. The minimum Gasteiger partial charge on any atom is -0.242 e. The summed E-state index contributed by atoms with van der Waals surface area (Å²) in [5.41, 5.74) is 0. The molecule has 70 valence electrons. The fourth-order valence-corrected chi connectivity index (χ4v) is 4.64. The summed E-state index contributed by atoms with van der Waals surface area (Å²) in [6, 6.07) is 0. The van der Waals surface area contributed by atoms with Crippen molar-refractivity contribution in [1.82, 2.24) is 0 Å². The first kappa shape index (κ1) is 11.7. The molecule has 0 amide bonds. The molecule has 0 rings (SSSR count). The van der Waals surface area contributed by atoms with Crippen LogP contribution in [0, 0.1) is 0 Å². The van der Waals surface area contributed by atoms with E-state index in [4.69, 9.17) is 0 Å². The van der Waals surface area contributed by atoms with Crippen LogP contribution in [0.15, 0.2) is 0 Å². The van der Waals surface area contributed by atoms with Crippen molar-refractivity contribution in [3.8, 4) is 0 Å². The lowest BCUT2D eigenvalue weighted by Gasteiger charge is -2.37. The monoisotopic (exact) mass is 194 g/mol. The molecule has 0 unspecified atom stereocenters. The molecule has 0 atom stereocenters. The second-order valence-corrected chi connectivity index (χ2v) is 7.91. The smallest absolute Gasteiger partial charge is 0.00906 e. The van der Waals surface area contributed by atoms with Gasteiger partial charge in [-0.3, -0.25) is 0 Å². The summed E-state index contributed by atoms with van der Waals surface area (Å²) < 4.78 is 0. The van der Waals surface area contributed by atoms with Gasteiger partial charge in [-0.2, -0.15) is 12.6 Å². The average Bonchev–Trinajstić information content (AvgIpc) is 2.08. The Balaban J connectivity index is 3.84. The van der Waals surface area contributed by atoms with Crippen molar-refractivity contribution in [3.05, 3.63) is 0 Å². The fraction of sp³-hybridized carbons (Fsp3) is 1.00. The van der Waals surface area contributed by atoms with Crippen LogP contribution in [0.3, 0.4) is 0 Å². The van der Waals surface area contributed by atoms with Crippen molar-refractivity contribution in [1.29, 1.82) is 0 Å². The van der Waals surface area contributed by atoms with Crippen LogP contribution < -0.4 is 0 Å². The Morgan fingerprint density at radius 3 is 1.73 bits per heavy atom. The molecule has 11 heavy (non-hydrogen) atoms. The van der Waals surface area contributed by atoms with Gasteiger partial charge in [0.2, 0.25) is 0 Å². The van der Waals surface area contributed by atoms with Gasteiger partial charge in [-0.15, -0.1) is 0 Å². The topological polar surface area (TPSA) is 0 Å². The lowest BCUT2D eigenvalue weighted by molar-refractivity contribution is 1.10. The van der Waals surface area contributed by atoms with Gasteiger partial charge in [0.1, 0.15) is 0 Å². The molecule has 0 aliphatic heterocycles. The van der Waals surface area contributed by atoms with Crippen molar-refractivity contribution < 1.29 is 0 Å². The first-order chi connectivity index (χ1) is 5.24. The zero-order chi connectivity index (χ0) is 8.74. The lowest BCUT2D eigenvalue weighted by Crippen LogP contribution is -2.13. The van der Waals surface area contributed by atoms with Crippen molar-refractivity contribution in [2.75, 3.05) is 28.8 Å². The Kier molecular flexibility index (Phi) is 6.64. The number of rotatable bonds is 6. The Labute approximate surface area is 78.9 Å². The number of hydrogen-bond donors (Lipinski definition) is 1. The normalized spacial score (nSPS) is 13.5. The molecule has 0 fully saturated rings. The predicted octanol–water partition coefficient (Wildman–Crippen LogP) is 3.17. The Morgan fingerprint density at radius 2 is 1.45 bits per heavy atom. The molecule has 0 aromatic heterocycles. The van der Waals surface area contributed by atoms with Crippen LogP contribution in [0.2, 0.25) is 0 Å². The van der Waals surface area contributed by atoms with Crippen molar-refractivity contribution in [3.63, 3.8) is 0 Å². The Bertz CT molecular complexity index is 79.3. The average molecular weight is 194 g/mol. The maximum atomic E-state index is 4.26. The van der Waals surface area contributed by atoms with E-state index in [0.717, 1.165) is 5.75 Å². The predicted molar refractivity (Wildman–Crippen MR) is 62.6 cm³/mol. The van der Waals surface area contributed by atoms with Gasteiger partial charge in [0.25, 0.3) is 0 Å². The fourth-order valence-electron chi connectivity index (χ4n) is 1.42. The molecule has 0 heterocycles. The maximum Gasteiger partial charge on any atom is -0.00906 e. The molecular formula is C9H22S2. The van der Waals surface area contributed by atoms with Gasteiger partial charge in [-0.25, -0.2) is 10.0 Å². The molecule has 2 heteroatoms. The van der Waals surface area contributed by atoms with Crippen molar-refractivity contribution >= 4 is 22.7 Å². The molecule has 0 N–H and O–H groups in total. The van der Waals surface area contributed by atoms with Crippen LogP contribution in [0.25, 0.3) is 0 Å². The Hall–Kier alpha value is 0.700. The van der Waals surface area contributed by atoms with E-state index in [1.165, 1.54) is 29.4 Å². The number of thiol groups is 1. The highest BCUT2D eigenvalue weighted by molar-refractivity contribution is 8.33. The summed E-state index contributed by atoms with van der Waals surface area (Å²) in [5.74, 6) is 6.74. The standard InChI is InChI=1S/C9H22S2/c1-4-11(5-2,6-3)9-7-8-10/h10H,4-9H2,1-3H3. The van der Waals surface area contributed by atoms with Gasteiger partial charge in [0.15, 0.2) is 0 Å². The summed E-state index contributed by atoms with van der Waals surface area (Å²) in [7, 11) is -0.221. The van der Waals surface area contributed by atoms with Gasteiger partial charge in [0, 0.05) is 0 Å². The van der Waals surface area contributed by atoms with Crippen LogP contribution in [-0.4, -0.2) is 28.8 Å². The summed E-state index contributed by atoms with van der Waals surface area (Å²) >= 11 is 4.26. The van der Waals surface area contributed by atoms with Gasteiger partial charge < -0.3 is 0 Å². The summed E-state index contributed by atoms with van der Waals surface area (Å²) in [5, 5.41) is 0. The van der Waals surface area contributed by atoms with E-state index in [0.29, 0.717) is 0 Å². The van der Waals surface area contributed by atoms with E-state index in [9.17, 15) is 0 Å². The maximum absolute atomic E-state index is 4.26. The molecule has 0 spiro atoms.